The lowest BCUT2D eigenvalue weighted by molar-refractivity contribution is 0.394. The van der Waals surface area contributed by atoms with Crippen LogP contribution in [0.1, 0.15) is 12.1 Å². The van der Waals surface area contributed by atoms with E-state index in [1.165, 1.54) is 13.4 Å². The van der Waals surface area contributed by atoms with Crippen LogP contribution in [-0.4, -0.2) is 43.0 Å². The highest BCUT2D eigenvalue weighted by atomic mass is 32.2. The van der Waals surface area contributed by atoms with Crippen molar-refractivity contribution >= 4 is 9.84 Å². The van der Waals surface area contributed by atoms with Crippen molar-refractivity contribution in [1.82, 2.24) is 9.97 Å². The predicted molar refractivity (Wildman–Crippen MR) is 67.0 cm³/mol. The number of nitrogens with two attached hydrogens (primary N) is 1. The highest BCUT2D eigenvalue weighted by Gasteiger charge is 2.32. The Labute approximate surface area is 106 Å². The summed E-state index contributed by atoms with van der Waals surface area (Å²) < 4.78 is 27.8. The summed E-state index contributed by atoms with van der Waals surface area (Å²) in [6, 6.07) is 1.53. The number of ether oxygens (including phenoxy) is 1. The molecular formula is C11H17N3O3S. The first kappa shape index (κ1) is 13.2. The Morgan fingerprint density at radius 3 is 2.94 bits per heavy atom. The molecule has 0 aromatic carbocycles. The molecule has 0 bridgehead atoms. The highest BCUT2D eigenvalue weighted by Crippen LogP contribution is 2.22. The van der Waals surface area contributed by atoms with Gasteiger partial charge in [0, 0.05) is 24.2 Å². The van der Waals surface area contributed by atoms with Gasteiger partial charge < -0.3 is 10.5 Å². The van der Waals surface area contributed by atoms with Gasteiger partial charge in [-0.1, -0.05) is 0 Å². The Bertz CT molecular complexity index is 518. The van der Waals surface area contributed by atoms with E-state index >= 15 is 0 Å². The molecule has 1 aliphatic rings. The fourth-order valence-corrected chi connectivity index (χ4v) is 4.06. The van der Waals surface area contributed by atoms with E-state index in [1.54, 1.807) is 6.07 Å². The molecular weight excluding hydrogens is 254 g/mol. The molecule has 2 heterocycles. The van der Waals surface area contributed by atoms with Gasteiger partial charge in [-0.15, -0.1) is 0 Å². The monoisotopic (exact) mass is 271 g/mol. The van der Waals surface area contributed by atoms with Crippen LogP contribution in [0, 0.1) is 5.92 Å². The molecule has 2 atom stereocenters. The van der Waals surface area contributed by atoms with Crippen molar-refractivity contribution in [1.29, 1.82) is 0 Å². The average Bonchev–Trinajstić information content (AvgIpc) is 2.70. The van der Waals surface area contributed by atoms with Gasteiger partial charge in [-0.2, -0.15) is 0 Å². The van der Waals surface area contributed by atoms with E-state index in [1.807, 2.05) is 0 Å². The molecule has 6 nitrogen and oxygen atoms in total. The predicted octanol–water partition coefficient (Wildman–Crippen LogP) is -0.210. The zero-order valence-corrected chi connectivity index (χ0v) is 11.1. The number of rotatable bonds is 4. The van der Waals surface area contributed by atoms with Crippen LogP contribution in [-0.2, 0) is 16.3 Å². The lowest BCUT2D eigenvalue weighted by Gasteiger charge is -2.17. The van der Waals surface area contributed by atoms with E-state index in [2.05, 4.69) is 9.97 Å². The maximum atomic E-state index is 11.4. The summed E-state index contributed by atoms with van der Waals surface area (Å²) in [5.41, 5.74) is 6.83. The van der Waals surface area contributed by atoms with E-state index in [9.17, 15) is 8.42 Å². The lowest BCUT2D eigenvalue weighted by atomic mass is 9.96. The summed E-state index contributed by atoms with van der Waals surface area (Å²) in [5.74, 6) is 0.955. The molecule has 2 rings (SSSR count). The van der Waals surface area contributed by atoms with Gasteiger partial charge in [-0.25, -0.2) is 18.4 Å². The van der Waals surface area contributed by atoms with Crippen molar-refractivity contribution in [3.05, 3.63) is 18.1 Å². The summed E-state index contributed by atoms with van der Waals surface area (Å²) in [5, 5.41) is 0. The van der Waals surface area contributed by atoms with Crippen LogP contribution >= 0.6 is 0 Å². The van der Waals surface area contributed by atoms with Crippen LogP contribution < -0.4 is 10.5 Å². The van der Waals surface area contributed by atoms with Gasteiger partial charge in [-0.05, 0) is 12.3 Å². The molecule has 7 heteroatoms. The molecule has 100 valence electrons. The van der Waals surface area contributed by atoms with Gasteiger partial charge in [0.05, 0.1) is 18.6 Å². The fourth-order valence-electron chi connectivity index (χ4n) is 2.17. The minimum atomic E-state index is -2.88. The van der Waals surface area contributed by atoms with E-state index in [4.69, 9.17) is 10.5 Å². The maximum Gasteiger partial charge on any atom is 0.216 e. The van der Waals surface area contributed by atoms with Crippen LogP contribution in [0.4, 0.5) is 0 Å². The van der Waals surface area contributed by atoms with Crippen molar-refractivity contribution in [2.24, 2.45) is 11.7 Å². The van der Waals surface area contributed by atoms with Crippen LogP contribution in [0.3, 0.4) is 0 Å². The van der Waals surface area contributed by atoms with E-state index in [0.717, 1.165) is 5.69 Å². The van der Waals surface area contributed by atoms with Crippen LogP contribution in [0.15, 0.2) is 12.4 Å². The molecule has 1 aromatic heterocycles. The highest BCUT2D eigenvalue weighted by molar-refractivity contribution is 7.91. The van der Waals surface area contributed by atoms with Gasteiger partial charge in [0.25, 0.3) is 0 Å². The molecule has 1 aliphatic heterocycles. The SMILES string of the molecule is COc1cc(CC(N)C2CCS(=O)(=O)C2)ncn1. The van der Waals surface area contributed by atoms with Crippen LogP contribution in [0.2, 0.25) is 0 Å². The van der Waals surface area contributed by atoms with Crippen LogP contribution in [0.5, 0.6) is 5.88 Å². The van der Waals surface area contributed by atoms with Crippen molar-refractivity contribution in [2.45, 2.75) is 18.9 Å². The molecule has 2 N–H and O–H groups in total. The van der Waals surface area contributed by atoms with Crippen LogP contribution in [0.25, 0.3) is 0 Å². The van der Waals surface area contributed by atoms with E-state index < -0.39 is 9.84 Å². The standard InChI is InChI=1S/C11H17N3O3S/c1-17-11-5-9(13-7-14-11)4-10(12)8-2-3-18(15,16)6-8/h5,7-8,10H,2-4,6,12H2,1H3. The Balaban J connectivity index is 2.01. The number of sulfone groups is 1. The Kier molecular flexibility index (Phi) is 3.82. The topological polar surface area (TPSA) is 95.2 Å². The van der Waals surface area contributed by atoms with Crippen molar-refractivity contribution < 1.29 is 13.2 Å². The molecule has 2 unspecified atom stereocenters. The first-order valence-corrected chi connectivity index (χ1v) is 7.63. The summed E-state index contributed by atoms with van der Waals surface area (Å²) in [4.78, 5) is 8.03. The second-order valence-electron chi connectivity index (χ2n) is 4.58. The Hall–Kier alpha value is -1.21. The summed E-state index contributed by atoms with van der Waals surface area (Å²) >= 11 is 0. The molecule has 0 amide bonds. The number of nitrogens with zero attached hydrogens (tertiary/aromatic N) is 2. The number of hydrogen-bond donors (Lipinski definition) is 1. The summed E-state index contributed by atoms with van der Waals surface area (Å²) in [6.07, 6.45) is 2.61. The van der Waals surface area contributed by atoms with E-state index in [0.29, 0.717) is 18.7 Å². The zero-order valence-electron chi connectivity index (χ0n) is 10.2. The van der Waals surface area contributed by atoms with Gasteiger partial charge in [0.1, 0.15) is 6.33 Å². The second-order valence-corrected chi connectivity index (χ2v) is 6.81. The van der Waals surface area contributed by atoms with Crippen molar-refractivity contribution in [2.75, 3.05) is 18.6 Å². The molecule has 0 aliphatic carbocycles. The molecule has 0 radical (unpaired) electrons. The molecule has 1 aromatic rings. The second kappa shape index (κ2) is 5.19. The molecule has 0 saturated carbocycles. The number of hydrogen-bond acceptors (Lipinski definition) is 6. The molecule has 0 spiro atoms. The fraction of sp³-hybridized carbons (Fsp3) is 0.636. The third-order valence-corrected chi connectivity index (χ3v) is 5.02. The van der Waals surface area contributed by atoms with Crippen molar-refractivity contribution in [3.63, 3.8) is 0 Å². The van der Waals surface area contributed by atoms with Gasteiger partial charge in [-0.3, -0.25) is 0 Å². The lowest BCUT2D eigenvalue weighted by Crippen LogP contribution is -2.33. The van der Waals surface area contributed by atoms with Gasteiger partial charge in [0.15, 0.2) is 9.84 Å². The third-order valence-electron chi connectivity index (χ3n) is 3.23. The van der Waals surface area contributed by atoms with Crippen molar-refractivity contribution in [3.8, 4) is 5.88 Å². The van der Waals surface area contributed by atoms with Gasteiger partial charge in [0.2, 0.25) is 5.88 Å². The van der Waals surface area contributed by atoms with Gasteiger partial charge >= 0.3 is 0 Å². The summed E-state index contributed by atoms with van der Waals surface area (Å²) in [7, 11) is -1.35. The quantitative estimate of drug-likeness (QED) is 0.814. The minimum absolute atomic E-state index is 0.0240. The van der Waals surface area contributed by atoms with E-state index in [-0.39, 0.29) is 23.5 Å². The molecule has 18 heavy (non-hydrogen) atoms. The molecule has 1 saturated heterocycles. The minimum Gasteiger partial charge on any atom is -0.481 e. The number of aromatic nitrogens is 2. The molecule has 1 fully saturated rings. The summed E-state index contributed by atoms with van der Waals surface area (Å²) in [6.45, 7) is 0. The number of methoxy groups -OCH3 is 1. The Morgan fingerprint density at radius 2 is 2.33 bits per heavy atom. The first-order chi connectivity index (χ1) is 8.50. The zero-order chi connectivity index (χ0) is 13.2. The smallest absolute Gasteiger partial charge is 0.216 e. The average molecular weight is 271 g/mol. The normalized spacial score (nSPS) is 23.8. The first-order valence-electron chi connectivity index (χ1n) is 5.81. The largest absolute Gasteiger partial charge is 0.481 e. The third kappa shape index (κ3) is 3.17. The maximum absolute atomic E-state index is 11.4. The Morgan fingerprint density at radius 1 is 1.56 bits per heavy atom.